The third-order valence-electron chi connectivity index (χ3n) is 3.06. The van der Waals surface area contributed by atoms with Crippen molar-refractivity contribution in [2.45, 2.75) is 32.0 Å². The molecule has 1 aromatic carbocycles. The number of rotatable bonds is 6. The molecule has 0 aliphatic heterocycles. The summed E-state index contributed by atoms with van der Waals surface area (Å²) in [6.07, 6.45) is -1.22. The Balaban J connectivity index is 2.17. The van der Waals surface area contributed by atoms with Crippen LogP contribution >= 0.6 is 11.5 Å². The van der Waals surface area contributed by atoms with Crippen LogP contribution in [0.15, 0.2) is 30.5 Å². The number of nitrogens with one attached hydrogen (secondary N) is 1. The fourth-order valence-corrected chi connectivity index (χ4v) is 2.61. The number of hydrogen-bond donors (Lipinski definition) is 1. The van der Waals surface area contributed by atoms with Gasteiger partial charge in [0.15, 0.2) is 0 Å². The molecule has 1 atom stereocenters. The van der Waals surface area contributed by atoms with E-state index in [9.17, 15) is 13.2 Å². The lowest BCUT2D eigenvalue weighted by Crippen LogP contribution is -2.23. The number of alkyl halides is 3. The maximum Gasteiger partial charge on any atom is 0.416 e. The lowest BCUT2D eigenvalue weighted by molar-refractivity contribution is -0.137. The average molecular weight is 315 g/mol. The Bertz CT molecular complexity index is 555. The summed E-state index contributed by atoms with van der Waals surface area (Å²) in [6, 6.07) is 5.39. The summed E-state index contributed by atoms with van der Waals surface area (Å²) in [4.78, 5) is 0.931. The Hall–Kier alpha value is -1.47. The minimum atomic E-state index is -4.31. The van der Waals surface area contributed by atoms with Gasteiger partial charge in [-0.15, -0.1) is 5.10 Å². The first kappa shape index (κ1) is 15.9. The predicted octanol–water partition coefficient (Wildman–Crippen LogP) is 3.84. The van der Waals surface area contributed by atoms with Crippen LogP contribution in [0, 0.1) is 0 Å². The van der Waals surface area contributed by atoms with Crippen molar-refractivity contribution in [3.05, 3.63) is 46.5 Å². The van der Waals surface area contributed by atoms with E-state index in [0.29, 0.717) is 12.0 Å². The molecule has 1 N–H and O–H groups in total. The molecule has 0 bridgehead atoms. The van der Waals surface area contributed by atoms with Gasteiger partial charge in [-0.2, -0.15) is 13.2 Å². The Morgan fingerprint density at radius 3 is 2.76 bits per heavy atom. The Morgan fingerprint density at radius 1 is 1.33 bits per heavy atom. The van der Waals surface area contributed by atoms with Gasteiger partial charge in [0.2, 0.25) is 0 Å². The standard InChI is InChI=1S/C14H16F3N3S/c1-2-6-18-12(13-9-19-20-21-13)8-10-4-3-5-11(7-10)14(15,16)17/h3-5,7,9,12,18H,2,6,8H2,1H3. The van der Waals surface area contributed by atoms with E-state index in [1.807, 2.05) is 6.92 Å². The molecular weight excluding hydrogens is 299 g/mol. The monoisotopic (exact) mass is 315 g/mol. The smallest absolute Gasteiger partial charge is 0.309 e. The molecule has 114 valence electrons. The fourth-order valence-electron chi connectivity index (χ4n) is 2.03. The first-order valence-electron chi connectivity index (χ1n) is 6.67. The van der Waals surface area contributed by atoms with Crippen molar-refractivity contribution in [2.75, 3.05) is 6.54 Å². The molecule has 0 amide bonds. The van der Waals surface area contributed by atoms with Crippen molar-refractivity contribution in [2.24, 2.45) is 0 Å². The van der Waals surface area contributed by atoms with Crippen molar-refractivity contribution in [1.82, 2.24) is 14.9 Å². The van der Waals surface area contributed by atoms with Crippen molar-refractivity contribution in [3.63, 3.8) is 0 Å². The molecule has 0 saturated heterocycles. The summed E-state index contributed by atoms with van der Waals surface area (Å²) < 4.78 is 42.1. The zero-order valence-corrected chi connectivity index (χ0v) is 12.3. The first-order chi connectivity index (χ1) is 10.0. The van der Waals surface area contributed by atoms with Gasteiger partial charge >= 0.3 is 6.18 Å². The third kappa shape index (κ3) is 4.50. The van der Waals surface area contributed by atoms with Crippen LogP contribution in [0.5, 0.6) is 0 Å². The van der Waals surface area contributed by atoms with Gasteiger partial charge in [0.25, 0.3) is 0 Å². The summed E-state index contributed by atoms with van der Waals surface area (Å²) in [5, 5.41) is 7.13. The van der Waals surface area contributed by atoms with E-state index in [4.69, 9.17) is 0 Å². The van der Waals surface area contributed by atoms with Crippen LogP contribution in [0.2, 0.25) is 0 Å². The van der Waals surface area contributed by atoms with E-state index in [1.165, 1.54) is 23.7 Å². The van der Waals surface area contributed by atoms with Gasteiger partial charge in [-0.05, 0) is 42.5 Å². The number of halogens is 3. The number of hydrogen-bond acceptors (Lipinski definition) is 4. The first-order valence-corrected chi connectivity index (χ1v) is 7.45. The van der Waals surface area contributed by atoms with Gasteiger partial charge in [-0.1, -0.05) is 29.6 Å². The normalized spacial score (nSPS) is 13.3. The summed E-state index contributed by atoms with van der Waals surface area (Å²) >= 11 is 1.26. The average Bonchev–Trinajstić information content (AvgIpc) is 2.97. The second kappa shape index (κ2) is 7.00. The molecule has 7 heteroatoms. The van der Waals surface area contributed by atoms with Gasteiger partial charge in [0.05, 0.1) is 16.6 Å². The van der Waals surface area contributed by atoms with Gasteiger partial charge in [-0.3, -0.25) is 0 Å². The molecule has 3 nitrogen and oxygen atoms in total. The molecule has 1 heterocycles. The van der Waals surface area contributed by atoms with Crippen LogP contribution in [0.1, 0.15) is 35.4 Å². The van der Waals surface area contributed by atoms with Crippen molar-refractivity contribution < 1.29 is 13.2 Å². The van der Waals surface area contributed by atoms with E-state index >= 15 is 0 Å². The summed E-state index contributed by atoms with van der Waals surface area (Å²) in [5.74, 6) is 0. The van der Waals surface area contributed by atoms with Crippen LogP contribution < -0.4 is 5.32 Å². The molecule has 0 saturated carbocycles. The van der Waals surface area contributed by atoms with E-state index in [2.05, 4.69) is 14.9 Å². The molecule has 0 fully saturated rings. The molecule has 21 heavy (non-hydrogen) atoms. The van der Waals surface area contributed by atoms with E-state index in [0.717, 1.165) is 23.9 Å². The summed E-state index contributed by atoms with van der Waals surface area (Å²) in [6.45, 7) is 2.83. The topological polar surface area (TPSA) is 37.8 Å². The van der Waals surface area contributed by atoms with Crippen molar-refractivity contribution in [1.29, 1.82) is 0 Å². The van der Waals surface area contributed by atoms with Crippen molar-refractivity contribution in [3.8, 4) is 0 Å². The molecule has 0 spiro atoms. The number of nitrogens with zero attached hydrogens (tertiary/aromatic N) is 2. The van der Waals surface area contributed by atoms with Crippen LogP contribution in [-0.2, 0) is 12.6 Å². The molecule has 1 aromatic heterocycles. The highest BCUT2D eigenvalue weighted by molar-refractivity contribution is 7.05. The highest BCUT2D eigenvalue weighted by Gasteiger charge is 2.30. The largest absolute Gasteiger partial charge is 0.416 e. The van der Waals surface area contributed by atoms with Gasteiger partial charge in [-0.25, -0.2) is 0 Å². The predicted molar refractivity (Wildman–Crippen MR) is 76.1 cm³/mol. The quantitative estimate of drug-likeness (QED) is 0.880. The second-order valence-electron chi connectivity index (χ2n) is 4.73. The summed E-state index contributed by atoms with van der Waals surface area (Å²) in [5.41, 5.74) is 0.0310. The van der Waals surface area contributed by atoms with Gasteiger partial charge in [0, 0.05) is 6.04 Å². The number of aromatic nitrogens is 2. The third-order valence-corrected chi connectivity index (χ3v) is 3.83. The molecular formula is C14H16F3N3S. The van der Waals surface area contributed by atoms with Crippen LogP contribution in [0.4, 0.5) is 13.2 Å². The van der Waals surface area contributed by atoms with Crippen LogP contribution in [-0.4, -0.2) is 16.1 Å². The van der Waals surface area contributed by atoms with Gasteiger partial charge < -0.3 is 5.32 Å². The Labute approximate surface area is 125 Å². The number of benzene rings is 1. The van der Waals surface area contributed by atoms with Gasteiger partial charge in [0.1, 0.15) is 0 Å². The van der Waals surface area contributed by atoms with E-state index in [1.54, 1.807) is 12.3 Å². The highest BCUT2D eigenvalue weighted by Crippen LogP contribution is 2.30. The minimum Gasteiger partial charge on any atom is -0.309 e. The van der Waals surface area contributed by atoms with Crippen molar-refractivity contribution >= 4 is 11.5 Å². The maximum absolute atomic E-state index is 12.7. The molecule has 1 unspecified atom stereocenters. The SMILES string of the molecule is CCCNC(Cc1cccc(C(F)(F)F)c1)c1cnns1. The molecule has 2 rings (SSSR count). The maximum atomic E-state index is 12.7. The van der Waals surface area contributed by atoms with Crippen LogP contribution in [0.25, 0.3) is 0 Å². The van der Waals surface area contributed by atoms with E-state index in [-0.39, 0.29) is 6.04 Å². The molecule has 0 radical (unpaired) electrons. The lowest BCUT2D eigenvalue weighted by Gasteiger charge is -2.17. The zero-order valence-electron chi connectivity index (χ0n) is 11.5. The molecule has 0 aliphatic carbocycles. The summed E-state index contributed by atoms with van der Waals surface area (Å²) in [7, 11) is 0. The van der Waals surface area contributed by atoms with E-state index < -0.39 is 11.7 Å². The van der Waals surface area contributed by atoms with Crippen LogP contribution in [0.3, 0.4) is 0 Å². The molecule has 0 aliphatic rings. The Morgan fingerprint density at radius 2 is 2.14 bits per heavy atom. The highest BCUT2D eigenvalue weighted by atomic mass is 32.1. The lowest BCUT2D eigenvalue weighted by atomic mass is 10.0. The zero-order chi connectivity index (χ0) is 15.3. The molecule has 2 aromatic rings. The Kier molecular flexibility index (Phi) is 5.30. The fraction of sp³-hybridized carbons (Fsp3) is 0.429. The second-order valence-corrected chi connectivity index (χ2v) is 5.55. The minimum absolute atomic E-state index is 0.0616.